The lowest BCUT2D eigenvalue weighted by atomic mass is 9.86. The number of carbonyl (C=O) groups is 2. The number of carbonyl (C=O) groups excluding carboxylic acids is 2. The Morgan fingerprint density at radius 3 is 2.68 bits per heavy atom. The maximum atomic E-state index is 11.9. The zero-order valence-electron chi connectivity index (χ0n) is 11.5. The number of halogens is 1. The van der Waals surface area contributed by atoms with Gasteiger partial charge in [0.05, 0.1) is 6.04 Å². The van der Waals surface area contributed by atoms with Crippen molar-refractivity contribution in [1.29, 1.82) is 0 Å². The summed E-state index contributed by atoms with van der Waals surface area (Å²) in [6.07, 6.45) is 2.32. The predicted molar refractivity (Wildman–Crippen MR) is 75.4 cm³/mol. The second kappa shape index (κ2) is 6.54. The number of imide groups is 1. The van der Waals surface area contributed by atoms with Crippen molar-refractivity contribution in [3.8, 4) is 0 Å². The number of urea groups is 1. The van der Waals surface area contributed by atoms with Crippen LogP contribution in [0.1, 0.15) is 19.8 Å². The molecule has 0 aromatic rings. The summed E-state index contributed by atoms with van der Waals surface area (Å²) in [7, 11) is 1.50. The molecule has 0 aromatic carbocycles. The topological polar surface area (TPSA) is 73.5 Å². The summed E-state index contributed by atoms with van der Waals surface area (Å²) >= 11 is 0. The van der Waals surface area contributed by atoms with E-state index < -0.39 is 6.03 Å². The first-order valence-electron chi connectivity index (χ1n) is 6.54. The van der Waals surface area contributed by atoms with Crippen molar-refractivity contribution < 1.29 is 9.59 Å². The summed E-state index contributed by atoms with van der Waals surface area (Å²) < 4.78 is 0. The van der Waals surface area contributed by atoms with Crippen LogP contribution in [0.25, 0.3) is 0 Å². The van der Waals surface area contributed by atoms with Gasteiger partial charge in [0.1, 0.15) is 0 Å². The van der Waals surface area contributed by atoms with E-state index in [-0.39, 0.29) is 24.4 Å². The molecule has 3 amide bonds. The lowest BCUT2D eigenvalue weighted by Crippen LogP contribution is -2.49. The van der Waals surface area contributed by atoms with Gasteiger partial charge in [0, 0.05) is 20.1 Å². The molecular weight excluding hydrogens is 268 g/mol. The van der Waals surface area contributed by atoms with E-state index in [1.807, 2.05) is 6.92 Å². The molecule has 2 aliphatic rings. The highest BCUT2D eigenvalue weighted by Crippen LogP contribution is 2.36. The summed E-state index contributed by atoms with van der Waals surface area (Å²) in [6, 6.07) is -0.689. The molecule has 2 unspecified atom stereocenters. The molecule has 0 radical (unpaired) electrons. The largest absolute Gasteiger partial charge is 0.341 e. The molecule has 7 heteroatoms. The standard InChI is InChI=1S/C12H22N4O2.ClH/c1-9(10(17)15-11(18)13-2)16-6-4-12(8-16)3-5-14-7-12;/h9,14H,3-8H2,1-2H3,(H2,13,15,17,18);1H. The Bertz CT molecular complexity index is 345. The van der Waals surface area contributed by atoms with Gasteiger partial charge in [-0.1, -0.05) is 0 Å². The Labute approximate surface area is 120 Å². The SMILES string of the molecule is CNC(=O)NC(=O)C(C)N1CCC2(CCNC2)C1.Cl. The third-order valence-corrected chi connectivity index (χ3v) is 4.19. The van der Waals surface area contributed by atoms with E-state index in [2.05, 4.69) is 20.9 Å². The van der Waals surface area contributed by atoms with Crippen LogP contribution in [0, 0.1) is 5.41 Å². The highest BCUT2D eigenvalue weighted by Gasteiger charge is 2.42. The number of amides is 3. The summed E-state index contributed by atoms with van der Waals surface area (Å²) in [5, 5.41) is 8.12. The number of nitrogens with zero attached hydrogens (tertiary/aromatic N) is 1. The van der Waals surface area contributed by atoms with Gasteiger partial charge in [0.2, 0.25) is 5.91 Å². The molecule has 19 heavy (non-hydrogen) atoms. The molecule has 0 saturated carbocycles. The molecule has 2 rings (SSSR count). The molecule has 110 valence electrons. The number of rotatable bonds is 2. The molecule has 0 aliphatic carbocycles. The van der Waals surface area contributed by atoms with Crippen molar-refractivity contribution in [1.82, 2.24) is 20.9 Å². The normalized spacial score (nSPS) is 27.9. The predicted octanol–water partition coefficient (Wildman–Crippen LogP) is -0.0623. The Kier molecular flexibility index (Phi) is 5.58. The highest BCUT2D eigenvalue weighted by molar-refractivity contribution is 5.96. The van der Waals surface area contributed by atoms with Crippen molar-refractivity contribution in [3.63, 3.8) is 0 Å². The molecule has 0 aromatic heterocycles. The Balaban J connectivity index is 0.00000180. The maximum absolute atomic E-state index is 11.9. The van der Waals surface area contributed by atoms with Crippen LogP contribution in [0.5, 0.6) is 0 Å². The van der Waals surface area contributed by atoms with Crippen LogP contribution in [0.2, 0.25) is 0 Å². The lowest BCUT2D eigenvalue weighted by Gasteiger charge is -2.26. The van der Waals surface area contributed by atoms with Gasteiger partial charge in [-0.2, -0.15) is 0 Å². The number of hydrogen-bond acceptors (Lipinski definition) is 4. The minimum absolute atomic E-state index is 0. The van der Waals surface area contributed by atoms with Crippen LogP contribution in [-0.2, 0) is 4.79 Å². The molecule has 2 aliphatic heterocycles. The molecule has 2 heterocycles. The monoisotopic (exact) mass is 290 g/mol. The van der Waals surface area contributed by atoms with Gasteiger partial charge >= 0.3 is 6.03 Å². The van der Waals surface area contributed by atoms with E-state index in [1.165, 1.54) is 13.5 Å². The summed E-state index contributed by atoms with van der Waals surface area (Å²) in [5.74, 6) is -0.225. The van der Waals surface area contributed by atoms with Crippen LogP contribution in [0.15, 0.2) is 0 Å². The van der Waals surface area contributed by atoms with Crippen molar-refractivity contribution in [2.24, 2.45) is 5.41 Å². The fourth-order valence-corrected chi connectivity index (χ4v) is 2.89. The van der Waals surface area contributed by atoms with Gasteiger partial charge in [-0.15, -0.1) is 12.4 Å². The molecule has 0 bridgehead atoms. The second-order valence-electron chi connectivity index (χ2n) is 5.39. The molecule has 2 atom stereocenters. The van der Waals surface area contributed by atoms with Crippen molar-refractivity contribution in [2.75, 3.05) is 33.2 Å². The molecular formula is C12H23ClN4O2. The van der Waals surface area contributed by atoms with E-state index in [4.69, 9.17) is 0 Å². The Morgan fingerprint density at radius 2 is 2.11 bits per heavy atom. The van der Waals surface area contributed by atoms with E-state index in [0.717, 1.165) is 32.6 Å². The fourth-order valence-electron chi connectivity index (χ4n) is 2.89. The van der Waals surface area contributed by atoms with Gasteiger partial charge < -0.3 is 10.6 Å². The third kappa shape index (κ3) is 3.58. The first-order chi connectivity index (χ1) is 8.56. The molecule has 2 fully saturated rings. The van der Waals surface area contributed by atoms with Gasteiger partial charge in [-0.25, -0.2) is 4.79 Å². The quantitative estimate of drug-likeness (QED) is 0.666. The molecule has 2 saturated heterocycles. The Hall–Kier alpha value is -0.850. The van der Waals surface area contributed by atoms with E-state index >= 15 is 0 Å². The zero-order valence-corrected chi connectivity index (χ0v) is 12.3. The fraction of sp³-hybridized carbons (Fsp3) is 0.833. The van der Waals surface area contributed by atoms with Crippen LogP contribution >= 0.6 is 12.4 Å². The first kappa shape index (κ1) is 16.2. The number of hydrogen-bond donors (Lipinski definition) is 3. The van der Waals surface area contributed by atoms with Crippen LogP contribution < -0.4 is 16.0 Å². The number of likely N-dealkylation sites (tertiary alicyclic amines) is 1. The van der Waals surface area contributed by atoms with Crippen molar-refractivity contribution in [3.05, 3.63) is 0 Å². The minimum atomic E-state index is -0.441. The van der Waals surface area contributed by atoms with Gasteiger partial charge in [0.15, 0.2) is 0 Å². The maximum Gasteiger partial charge on any atom is 0.321 e. The van der Waals surface area contributed by atoms with E-state index in [0.29, 0.717) is 5.41 Å². The number of nitrogens with one attached hydrogen (secondary N) is 3. The van der Waals surface area contributed by atoms with Crippen LogP contribution in [-0.4, -0.2) is 56.1 Å². The van der Waals surface area contributed by atoms with Crippen LogP contribution in [0.3, 0.4) is 0 Å². The van der Waals surface area contributed by atoms with Crippen LogP contribution in [0.4, 0.5) is 4.79 Å². The van der Waals surface area contributed by atoms with Crippen molar-refractivity contribution >= 4 is 24.3 Å². The summed E-state index contributed by atoms with van der Waals surface area (Å²) in [6.45, 7) is 5.87. The summed E-state index contributed by atoms with van der Waals surface area (Å²) in [5.41, 5.74) is 0.349. The van der Waals surface area contributed by atoms with Gasteiger partial charge in [-0.05, 0) is 38.3 Å². The third-order valence-electron chi connectivity index (χ3n) is 4.19. The molecule has 6 nitrogen and oxygen atoms in total. The lowest BCUT2D eigenvalue weighted by molar-refractivity contribution is -0.124. The summed E-state index contributed by atoms with van der Waals surface area (Å²) in [4.78, 5) is 25.2. The molecule has 3 N–H and O–H groups in total. The average Bonchev–Trinajstić information content (AvgIpc) is 2.99. The average molecular weight is 291 g/mol. The van der Waals surface area contributed by atoms with Crippen molar-refractivity contribution in [2.45, 2.75) is 25.8 Å². The van der Waals surface area contributed by atoms with E-state index in [9.17, 15) is 9.59 Å². The second-order valence-corrected chi connectivity index (χ2v) is 5.39. The first-order valence-corrected chi connectivity index (χ1v) is 6.54. The Morgan fingerprint density at radius 1 is 1.37 bits per heavy atom. The highest BCUT2D eigenvalue weighted by atomic mass is 35.5. The van der Waals surface area contributed by atoms with Gasteiger partial charge in [-0.3, -0.25) is 15.0 Å². The minimum Gasteiger partial charge on any atom is -0.341 e. The van der Waals surface area contributed by atoms with Gasteiger partial charge in [0.25, 0.3) is 0 Å². The van der Waals surface area contributed by atoms with E-state index in [1.54, 1.807) is 0 Å². The zero-order chi connectivity index (χ0) is 13.2. The molecule has 1 spiro atoms. The smallest absolute Gasteiger partial charge is 0.321 e.